The number of pyridine rings is 1. The number of nitro groups is 1. The van der Waals surface area contributed by atoms with Crippen molar-refractivity contribution in [3.05, 3.63) is 80.1 Å². The Balaban J connectivity index is 1.75. The Morgan fingerprint density at radius 3 is 2.41 bits per heavy atom. The first-order valence-electron chi connectivity index (χ1n) is 10.6. The molecule has 4 rings (SSSR count). The number of nitrogens with one attached hydrogen (secondary N) is 1. The Kier molecular flexibility index (Phi) is 6.12. The van der Waals surface area contributed by atoms with E-state index in [9.17, 15) is 23.3 Å². The van der Waals surface area contributed by atoms with E-state index in [0.29, 0.717) is 11.1 Å². The first-order chi connectivity index (χ1) is 15.3. The largest absolute Gasteiger partial charge is 0.322 e. The highest BCUT2D eigenvalue weighted by Gasteiger charge is 2.33. The van der Waals surface area contributed by atoms with Gasteiger partial charge in [-0.2, -0.15) is 4.31 Å². The van der Waals surface area contributed by atoms with Gasteiger partial charge in [-0.15, -0.1) is 0 Å². The molecular weight excluding hydrogens is 430 g/mol. The van der Waals surface area contributed by atoms with Crippen LogP contribution in [-0.2, 0) is 16.6 Å². The van der Waals surface area contributed by atoms with Gasteiger partial charge in [0.05, 0.1) is 9.82 Å². The monoisotopic (exact) mass is 455 g/mol. The molecule has 8 nitrogen and oxygen atoms in total. The Morgan fingerprint density at radius 1 is 1.06 bits per heavy atom. The Labute approximate surface area is 186 Å². The quantitative estimate of drug-likeness (QED) is 0.440. The molecule has 0 spiro atoms. The Hall–Kier alpha value is -3.04. The van der Waals surface area contributed by atoms with Gasteiger partial charge in [0.2, 0.25) is 10.0 Å². The zero-order valence-corrected chi connectivity index (χ0v) is 18.6. The van der Waals surface area contributed by atoms with E-state index in [0.717, 1.165) is 43.1 Å². The molecule has 168 valence electrons. The molecule has 0 aliphatic heterocycles. The van der Waals surface area contributed by atoms with Crippen molar-refractivity contribution in [3.63, 3.8) is 0 Å². The van der Waals surface area contributed by atoms with E-state index in [1.807, 2.05) is 25.1 Å². The number of H-pyrrole nitrogens is 1. The average Bonchev–Trinajstić information content (AvgIpc) is 2.78. The zero-order valence-electron chi connectivity index (χ0n) is 17.8. The second kappa shape index (κ2) is 8.84. The number of nitrogens with zero attached hydrogens (tertiary/aromatic N) is 2. The van der Waals surface area contributed by atoms with Gasteiger partial charge in [0.1, 0.15) is 0 Å². The minimum absolute atomic E-state index is 0.0125. The van der Waals surface area contributed by atoms with Crippen LogP contribution in [0.2, 0.25) is 0 Å². The highest BCUT2D eigenvalue weighted by atomic mass is 32.2. The number of rotatable bonds is 6. The second-order valence-electron chi connectivity index (χ2n) is 8.31. The lowest BCUT2D eigenvalue weighted by Crippen LogP contribution is -2.42. The van der Waals surface area contributed by atoms with Gasteiger partial charge in [0, 0.05) is 35.8 Å². The van der Waals surface area contributed by atoms with Gasteiger partial charge in [0.25, 0.3) is 11.2 Å². The van der Waals surface area contributed by atoms with Gasteiger partial charge < -0.3 is 4.98 Å². The minimum atomic E-state index is -3.96. The van der Waals surface area contributed by atoms with E-state index in [1.165, 1.54) is 28.6 Å². The van der Waals surface area contributed by atoms with Gasteiger partial charge in [-0.25, -0.2) is 8.42 Å². The average molecular weight is 456 g/mol. The van der Waals surface area contributed by atoms with Crippen LogP contribution in [-0.4, -0.2) is 28.7 Å². The number of nitro benzene ring substituents is 1. The standard InChI is InChI=1S/C23H25N3O5S/c1-16-7-8-17-14-18(23(27)24-22(17)13-16)15-25(19-5-3-2-4-6-19)32(30,31)21-11-9-20(10-12-21)26(28)29/h7-14,19H,2-6,15H2,1H3,(H,24,27). The molecule has 1 N–H and O–H groups in total. The summed E-state index contributed by atoms with van der Waals surface area (Å²) in [6.45, 7) is 1.89. The molecule has 0 unspecified atom stereocenters. The maximum atomic E-state index is 13.6. The molecule has 1 aromatic heterocycles. The lowest BCUT2D eigenvalue weighted by molar-refractivity contribution is -0.384. The fourth-order valence-corrected chi connectivity index (χ4v) is 5.96. The molecular formula is C23H25N3O5S. The normalized spacial score (nSPS) is 15.3. The number of hydrogen-bond acceptors (Lipinski definition) is 5. The van der Waals surface area contributed by atoms with Crippen LogP contribution in [0.1, 0.15) is 43.2 Å². The van der Waals surface area contributed by atoms with Crippen molar-refractivity contribution in [2.45, 2.75) is 56.5 Å². The number of aromatic amines is 1. The summed E-state index contributed by atoms with van der Waals surface area (Å²) in [4.78, 5) is 26.0. The fraction of sp³-hybridized carbons (Fsp3) is 0.348. The number of hydrogen-bond donors (Lipinski definition) is 1. The van der Waals surface area contributed by atoms with E-state index in [4.69, 9.17) is 0 Å². The third-order valence-electron chi connectivity index (χ3n) is 6.04. The molecule has 3 aromatic rings. The molecule has 1 fully saturated rings. The number of fused-ring (bicyclic) bond motifs is 1. The van der Waals surface area contributed by atoms with E-state index in [1.54, 1.807) is 6.07 Å². The molecule has 1 saturated carbocycles. The third-order valence-corrected chi connectivity index (χ3v) is 7.95. The number of non-ortho nitro benzene ring substituents is 1. The summed E-state index contributed by atoms with van der Waals surface area (Å²) in [5, 5.41) is 11.8. The number of aromatic nitrogens is 1. The van der Waals surface area contributed by atoms with Gasteiger partial charge in [-0.3, -0.25) is 14.9 Å². The maximum absolute atomic E-state index is 13.6. The fourth-order valence-electron chi connectivity index (χ4n) is 4.30. The number of sulfonamides is 1. The van der Waals surface area contributed by atoms with Crippen LogP contribution in [0.3, 0.4) is 0 Å². The smallest absolute Gasteiger partial charge is 0.269 e. The first kappa shape index (κ1) is 22.2. The van der Waals surface area contributed by atoms with Crippen LogP contribution in [0.5, 0.6) is 0 Å². The summed E-state index contributed by atoms with van der Waals surface area (Å²) in [7, 11) is -3.96. The minimum Gasteiger partial charge on any atom is -0.322 e. The summed E-state index contributed by atoms with van der Waals surface area (Å²) < 4.78 is 28.6. The topological polar surface area (TPSA) is 113 Å². The molecule has 0 saturated heterocycles. The summed E-state index contributed by atoms with van der Waals surface area (Å²) in [6.07, 6.45) is 4.33. The Morgan fingerprint density at radius 2 is 1.75 bits per heavy atom. The van der Waals surface area contributed by atoms with Gasteiger partial charge in [0.15, 0.2) is 0 Å². The number of benzene rings is 2. The Bertz CT molecular complexity index is 1310. The molecule has 1 heterocycles. The van der Waals surface area contributed by atoms with Crippen LogP contribution >= 0.6 is 0 Å². The molecule has 2 aromatic carbocycles. The van der Waals surface area contributed by atoms with E-state index in [2.05, 4.69) is 4.98 Å². The van der Waals surface area contributed by atoms with Crippen molar-refractivity contribution in [1.29, 1.82) is 0 Å². The van der Waals surface area contributed by atoms with Crippen LogP contribution in [0.25, 0.3) is 10.9 Å². The van der Waals surface area contributed by atoms with E-state index < -0.39 is 14.9 Å². The lowest BCUT2D eigenvalue weighted by Gasteiger charge is -2.33. The molecule has 0 radical (unpaired) electrons. The van der Waals surface area contributed by atoms with Gasteiger partial charge in [-0.1, -0.05) is 31.4 Å². The highest BCUT2D eigenvalue weighted by molar-refractivity contribution is 7.89. The van der Waals surface area contributed by atoms with Crippen molar-refractivity contribution in [2.75, 3.05) is 0 Å². The molecule has 32 heavy (non-hydrogen) atoms. The summed E-state index contributed by atoms with van der Waals surface area (Å²) in [6, 6.07) is 12.2. The highest BCUT2D eigenvalue weighted by Crippen LogP contribution is 2.30. The lowest BCUT2D eigenvalue weighted by atomic mass is 9.95. The van der Waals surface area contributed by atoms with Crippen molar-refractivity contribution in [3.8, 4) is 0 Å². The summed E-state index contributed by atoms with van der Waals surface area (Å²) in [5.74, 6) is 0. The van der Waals surface area contributed by atoms with E-state index >= 15 is 0 Å². The third kappa shape index (κ3) is 4.44. The van der Waals surface area contributed by atoms with E-state index in [-0.39, 0.29) is 28.7 Å². The second-order valence-corrected chi connectivity index (χ2v) is 10.2. The van der Waals surface area contributed by atoms with Crippen molar-refractivity contribution >= 4 is 26.6 Å². The molecule has 9 heteroatoms. The van der Waals surface area contributed by atoms with Gasteiger partial charge >= 0.3 is 0 Å². The SMILES string of the molecule is Cc1ccc2cc(CN(C3CCCCC3)S(=O)(=O)c3ccc([N+](=O)[O-])cc3)c(=O)[nH]c2c1. The van der Waals surface area contributed by atoms with Crippen molar-refractivity contribution in [2.24, 2.45) is 0 Å². The van der Waals surface area contributed by atoms with Crippen LogP contribution in [0.4, 0.5) is 5.69 Å². The number of aryl methyl sites for hydroxylation is 1. The predicted molar refractivity (Wildman–Crippen MR) is 122 cm³/mol. The molecule has 1 aliphatic rings. The first-order valence-corrected chi connectivity index (χ1v) is 12.1. The molecule has 0 bridgehead atoms. The van der Waals surface area contributed by atoms with Crippen LogP contribution in [0.15, 0.2) is 58.2 Å². The van der Waals surface area contributed by atoms with Crippen molar-refractivity contribution in [1.82, 2.24) is 9.29 Å². The molecule has 0 atom stereocenters. The summed E-state index contributed by atoms with van der Waals surface area (Å²) in [5.41, 5.74) is 1.61. The predicted octanol–water partition coefficient (Wildman–Crippen LogP) is 4.27. The zero-order chi connectivity index (χ0) is 22.9. The maximum Gasteiger partial charge on any atom is 0.269 e. The molecule has 1 aliphatic carbocycles. The van der Waals surface area contributed by atoms with Crippen LogP contribution in [0, 0.1) is 17.0 Å². The molecule has 0 amide bonds. The van der Waals surface area contributed by atoms with Crippen molar-refractivity contribution < 1.29 is 13.3 Å². The summed E-state index contributed by atoms with van der Waals surface area (Å²) >= 11 is 0. The van der Waals surface area contributed by atoms with Gasteiger partial charge in [-0.05, 0) is 55.0 Å². The van der Waals surface area contributed by atoms with Crippen LogP contribution < -0.4 is 5.56 Å².